The first-order valence-electron chi connectivity index (χ1n) is 8.33. The van der Waals surface area contributed by atoms with Gasteiger partial charge in [-0.1, -0.05) is 12.1 Å². The number of benzene rings is 1. The van der Waals surface area contributed by atoms with E-state index in [1.807, 2.05) is 5.38 Å². The predicted octanol–water partition coefficient (Wildman–Crippen LogP) is 1.63. The molecule has 1 aromatic carbocycles. The third-order valence-electron chi connectivity index (χ3n) is 4.49. The fourth-order valence-corrected chi connectivity index (χ4v) is 3.93. The molecule has 3 rings (SSSR count). The minimum atomic E-state index is -0.810. The Hall–Kier alpha value is -1.83. The molecule has 0 atom stereocenters. The van der Waals surface area contributed by atoms with E-state index in [9.17, 15) is 14.3 Å². The van der Waals surface area contributed by atoms with E-state index in [4.69, 9.17) is 5.73 Å². The average Bonchev–Trinajstić information content (AvgIpc) is 2.99. The summed E-state index contributed by atoms with van der Waals surface area (Å²) in [7, 11) is 0. The molecular weight excluding hydrogens is 341 g/mol. The summed E-state index contributed by atoms with van der Waals surface area (Å²) in [6.07, 6.45) is 2.09. The van der Waals surface area contributed by atoms with Crippen molar-refractivity contribution in [3.8, 4) is 0 Å². The highest BCUT2D eigenvalue weighted by Crippen LogP contribution is 2.36. The number of hydrogen-bond donors (Lipinski definition) is 3. The molecule has 0 unspecified atom stereocenters. The summed E-state index contributed by atoms with van der Waals surface area (Å²) in [4.78, 5) is 16.5. The fraction of sp³-hybridized carbons (Fsp3) is 0.444. The van der Waals surface area contributed by atoms with Crippen LogP contribution in [0.3, 0.4) is 0 Å². The number of nitrogens with one attached hydrogen (secondary N) is 1. The van der Waals surface area contributed by atoms with Gasteiger partial charge in [-0.3, -0.25) is 4.79 Å². The van der Waals surface area contributed by atoms with E-state index in [2.05, 4.69) is 10.3 Å². The van der Waals surface area contributed by atoms with Gasteiger partial charge in [0.15, 0.2) is 0 Å². The highest BCUT2D eigenvalue weighted by molar-refractivity contribution is 7.09. The van der Waals surface area contributed by atoms with Crippen molar-refractivity contribution in [3.63, 3.8) is 0 Å². The monoisotopic (exact) mass is 363 g/mol. The maximum Gasteiger partial charge on any atom is 0.226 e. The number of nitrogens with zero attached hydrogens (tertiary/aromatic N) is 1. The molecule has 1 fully saturated rings. The molecule has 0 saturated heterocycles. The number of hydrogen-bond acceptors (Lipinski definition) is 5. The zero-order valence-electron chi connectivity index (χ0n) is 13.9. The largest absolute Gasteiger partial charge is 0.388 e. The first-order valence-corrected chi connectivity index (χ1v) is 9.20. The van der Waals surface area contributed by atoms with Crippen molar-refractivity contribution in [3.05, 3.63) is 51.7 Å². The molecule has 1 aliphatic carbocycles. The lowest BCUT2D eigenvalue weighted by Gasteiger charge is -2.43. The van der Waals surface area contributed by atoms with Gasteiger partial charge in [0, 0.05) is 18.3 Å². The van der Waals surface area contributed by atoms with E-state index in [-0.39, 0.29) is 24.7 Å². The molecule has 7 heteroatoms. The first-order chi connectivity index (χ1) is 12.0. The summed E-state index contributed by atoms with van der Waals surface area (Å²) >= 11 is 1.49. The smallest absolute Gasteiger partial charge is 0.226 e. The lowest BCUT2D eigenvalue weighted by atomic mass is 9.71. The Labute approximate surface area is 150 Å². The number of aliphatic hydroxyl groups is 1. The number of nitrogens with two attached hydrogens (primary N) is 1. The number of thiazole rings is 1. The van der Waals surface area contributed by atoms with Crippen molar-refractivity contribution < 1.29 is 14.3 Å². The van der Waals surface area contributed by atoms with Crippen molar-refractivity contribution in [2.45, 2.75) is 31.3 Å². The summed E-state index contributed by atoms with van der Waals surface area (Å²) < 4.78 is 12.9. The molecule has 1 amide bonds. The molecule has 25 heavy (non-hydrogen) atoms. The Bertz CT molecular complexity index is 726. The van der Waals surface area contributed by atoms with Crippen LogP contribution in [-0.2, 0) is 17.6 Å². The Morgan fingerprint density at radius 2 is 2.12 bits per heavy atom. The van der Waals surface area contributed by atoms with Crippen molar-refractivity contribution in [1.82, 2.24) is 10.3 Å². The minimum Gasteiger partial charge on any atom is -0.388 e. The van der Waals surface area contributed by atoms with Crippen LogP contribution in [0.5, 0.6) is 0 Å². The maximum absolute atomic E-state index is 12.9. The Morgan fingerprint density at radius 1 is 1.40 bits per heavy atom. The van der Waals surface area contributed by atoms with Crippen LogP contribution in [0.4, 0.5) is 4.39 Å². The molecule has 0 radical (unpaired) electrons. The normalized spacial score (nSPS) is 22.4. The number of carbonyl (C=O) groups excluding carboxylic acids is 1. The second-order valence-electron chi connectivity index (χ2n) is 6.72. The highest BCUT2D eigenvalue weighted by Gasteiger charge is 2.41. The van der Waals surface area contributed by atoms with Crippen LogP contribution in [0.25, 0.3) is 0 Å². The summed E-state index contributed by atoms with van der Waals surface area (Å²) in [6.45, 7) is 0.834. The summed E-state index contributed by atoms with van der Waals surface area (Å²) in [6, 6.07) is 6.32. The van der Waals surface area contributed by atoms with Crippen molar-refractivity contribution >= 4 is 17.2 Å². The third kappa shape index (κ3) is 4.84. The summed E-state index contributed by atoms with van der Waals surface area (Å²) in [5.41, 5.74) is 6.43. The van der Waals surface area contributed by atoms with E-state index in [0.717, 1.165) is 10.6 Å². The van der Waals surface area contributed by atoms with Crippen molar-refractivity contribution in [2.75, 3.05) is 13.1 Å². The van der Waals surface area contributed by atoms with Gasteiger partial charge in [-0.25, -0.2) is 9.37 Å². The molecule has 2 aromatic rings. The standard InChI is InChI=1S/C18H22FN3O2S/c19-14-3-1-12(2-4-14)5-17-22-15(10-25-17)6-16(23)21-11-18(24)7-13(8-18)9-20/h1-4,10,13,24H,5-9,11,20H2,(H,21,23). The minimum absolute atomic E-state index is 0.150. The zero-order chi connectivity index (χ0) is 17.9. The lowest BCUT2D eigenvalue weighted by molar-refractivity contribution is -0.124. The number of aromatic nitrogens is 1. The molecule has 0 spiro atoms. The van der Waals surface area contributed by atoms with Crippen LogP contribution in [0.1, 0.15) is 29.1 Å². The molecule has 134 valence electrons. The van der Waals surface area contributed by atoms with Gasteiger partial charge in [0.1, 0.15) is 5.82 Å². The van der Waals surface area contributed by atoms with E-state index in [1.54, 1.807) is 12.1 Å². The fourth-order valence-electron chi connectivity index (χ4n) is 3.10. The van der Waals surface area contributed by atoms with Crippen LogP contribution in [0.2, 0.25) is 0 Å². The topological polar surface area (TPSA) is 88.2 Å². The predicted molar refractivity (Wildman–Crippen MR) is 94.8 cm³/mol. The van der Waals surface area contributed by atoms with Crippen LogP contribution in [0, 0.1) is 11.7 Å². The molecule has 1 saturated carbocycles. The summed E-state index contributed by atoms with van der Waals surface area (Å²) in [5, 5.41) is 15.7. The molecule has 5 nitrogen and oxygen atoms in total. The number of rotatable bonds is 7. The van der Waals surface area contributed by atoms with Crippen LogP contribution >= 0.6 is 11.3 Å². The van der Waals surface area contributed by atoms with Gasteiger partial charge in [0.25, 0.3) is 0 Å². The molecule has 1 heterocycles. The van der Waals surface area contributed by atoms with Gasteiger partial charge in [-0.2, -0.15) is 0 Å². The third-order valence-corrected chi connectivity index (χ3v) is 5.39. The zero-order valence-corrected chi connectivity index (χ0v) is 14.7. The maximum atomic E-state index is 12.9. The van der Waals surface area contributed by atoms with Crippen molar-refractivity contribution in [2.24, 2.45) is 11.7 Å². The second kappa shape index (κ2) is 7.59. The molecule has 1 aliphatic rings. The number of carbonyl (C=O) groups is 1. The van der Waals surface area contributed by atoms with Gasteiger partial charge in [0.2, 0.25) is 5.91 Å². The first kappa shape index (κ1) is 18.0. The van der Waals surface area contributed by atoms with Crippen LogP contribution in [0.15, 0.2) is 29.6 Å². The van der Waals surface area contributed by atoms with Gasteiger partial charge >= 0.3 is 0 Å². The quantitative estimate of drug-likeness (QED) is 0.698. The molecule has 4 N–H and O–H groups in total. The van der Waals surface area contributed by atoms with E-state index in [0.29, 0.717) is 37.4 Å². The molecule has 1 aromatic heterocycles. The molecular formula is C18H22FN3O2S. The molecule has 0 aliphatic heterocycles. The lowest BCUT2D eigenvalue weighted by Crippen LogP contribution is -2.53. The van der Waals surface area contributed by atoms with Gasteiger partial charge in [-0.15, -0.1) is 11.3 Å². The van der Waals surface area contributed by atoms with Crippen molar-refractivity contribution in [1.29, 1.82) is 0 Å². The average molecular weight is 363 g/mol. The number of amides is 1. The van der Waals surface area contributed by atoms with Gasteiger partial charge in [0.05, 0.1) is 22.7 Å². The Balaban J connectivity index is 1.46. The second-order valence-corrected chi connectivity index (χ2v) is 7.67. The van der Waals surface area contributed by atoms with Crippen LogP contribution < -0.4 is 11.1 Å². The Morgan fingerprint density at radius 3 is 2.80 bits per heavy atom. The van der Waals surface area contributed by atoms with E-state index in [1.165, 1.54) is 23.5 Å². The summed E-state index contributed by atoms with van der Waals surface area (Å²) in [5.74, 6) is -0.0520. The molecule has 0 bridgehead atoms. The van der Waals surface area contributed by atoms with E-state index >= 15 is 0 Å². The van der Waals surface area contributed by atoms with Gasteiger partial charge in [-0.05, 0) is 43.0 Å². The SMILES string of the molecule is NCC1CC(O)(CNC(=O)Cc2csc(Cc3ccc(F)cc3)n2)C1. The highest BCUT2D eigenvalue weighted by atomic mass is 32.1. The van der Waals surface area contributed by atoms with Crippen LogP contribution in [-0.4, -0.2) is 34.7 Å². The van der Waals surface area contributed by atoms with Gasteiger partial charge < -0.3 is 16.2 Å². The number of halogens is 1. The Kier molecular flexibility index (Phi) is 5.46. The van der Waals surface area contributed by atoms with E-state index < -0.39 is 5.60 Å².